The van der Waals surface area contributed by atoms with Gasteiger partial charge in [0.1, 0.15) is 5.52 Å². The molecule has 31 heavy (non-hydrogen) atoms. The third-order valence-electron chi connectivity index (χ3n) is 5.92. The third-order valence-corrected chi connectivity index (χ3v) is 5.92. The zero-order valence-corrected chi connectivity index (χ0v) is 18.0. The van der Waals surface area contributed by atoms with E-state index in [1.54, 1.807) is 30.3 Å². The molecule has 1 amide bonds. The Morgan fingerprint density at radius 3 is 2.29 bits per heavy atom. The van der Waals surface area contributed by atoms with E-state index in [9.17, 15) is 9.90 Å². The molecule has 3 aromatic carbocycles. The number of nitrogens with zero attached hydrogens (tertiary/aromatic N) is 2. The van der Waals surface area contributed by atoms with E-state index < -0.39 is 0 Å². The van der Waals surface area contributed by atoms with Crippen molar-refractivity contribution in [2.75, 3.05) is 7.05 Å². The zero-order valence-electron chi connectivity index (χ0n) is 18.0. The highest BCUT2D eigenvalue weighted by molar-refractivity contribution is 6.02. The smallest absolute Gasteiger partial charge is 0.257 e. The fraction of sp³-hybridized carbons (Fsp3) is 0.185. The number of amides is 1. The molecule has 0 saturated heterocycles. The molecule has 0 radical (unpaired) electrons. The van der Waals surface area contributed by atoms with Gasteiger partial charge in [-0.15, -0.1) is 0 Å². The van der Waals surface area contributed by atoms with Gasteiger partial charge in [-0.2, -0.15) is 0 Å². The number of aromatic nitrogens is 1. The van der Waals surface area contributed by atoms with Gasteiger partial charge < -0.3 is 10.0 Å². The summed E-state index contributed by atoms with van der Waals surface area (Å²) in [5.74, 6) is -0.311. The molecular formula is C27H26N2O2. The van der Waals surface area contributed by atoms with Crippen molar-refractivity contribution < 1.29 is 9.90 Å². The van der Waals surface area contributed by atoms with Crippen molar-refractivity contribution in [2.45, 2.75) is 25.8 Å². The van der Waals surface area contributed by atoms with E-state index >= 15 is 0 Å². The lowest BCUT2D eigenvalue weighted by atomic mass is 9.78. The molecule has 4 nitrogen and oxygen atoms in total. The molecule has 4 aromatic rings. The van der Waals surface area contributed by atoms with Crippen molar-refractivity contribution in [3.05, 3.63) is 107 Å². The fourth-order valence-corrected chi connectivity index (χ4v) is 3.90. The Morgan fingerprint density at radius 2 is 1.58 bits per heavy atom. The van der Waals surface area contributed by atoms with Gasteiger partial charge in [0.15, 0.2) is 5.75 Å². The molecule has 0 fully saturated rings. The first-order chi connectivity index (χ1) is 14.9. The highest BCUT2D eigenvalue weighted by Crippen LogP contribution is 2.32. The number of rotatable bonds is 5. The lowest BCUT2D eigenvalue weighted by Crippen LogP contribution is -2.26. The van der Waals surface area contributed by atoms with E-state index in [1.165, 1.54) is 11.1 Å². The lowest BCUT2D eigenvalue weighted by molar-refractivity contribution is 0.0782. The number of carbonyl (C=O) groups is 1. The molecule has 1 aromatic heterocycles. The van der Waals surface area contributed by atoms with E-state index in [0.717, 1.165) is 10.9 Å². The Kier molecular flexibility index (Phi) is 5.47. The summed E-state index contributed by atoms with van der Waals surface area (Å²) in [6.07, 6.45) is 1.61. The van der Waals surface area contributed by atoms with Crippen LogP contribution in [0.3, 0.4) is 0 Å². The zero-order chi connectivity index (χ0) is 22.0. The molecule has 0 aliphatic rings. The van der Waals surface area contributed by atoms with E-state index in [0.29, 0.717) is 12.1 Å². The minimum atomic E-state index is -0.237. The van der Waals surface area contributed by atoms with Crippen LogP contribution >= 0.6 is 0 Å². The summed E-state index contributed by atoms with van der Waals surface area (Å²) in [5, 5.41) is 11.4. The summed E-state index contributed by atoms with van der Waals surface area (Å²) >= 11 is 0. The van der Waals surface area contributed by atoms with Gasteiger partial charge in [0.25, 0.3) is 5.91 Å². The van der Waals surface area contributed by atoms with Crippen LogP contribution in [0.4, 0.5) is 0 Å². The van der Waals surface area contributed by atoms with Crippen LogP contribution in [0.5, 0.6) is 5.75 Å². The number of carbonyl (C=O) groups excluding carboxylic acids is 1. The Morgan fingerprint density at radius 1 is 0.903 bits per heavy atom. The van der Waals surface area contributed by atoms with Gasteiger partial charge in [0.05, 0.1) is 5.56 Å². The lowest BCUT2D eigenvalue weighted by Gasteiger charge is -2.26. The summed E-state index contributed by atoms with van der Waals surface area (Å²) in [5.41, 5.74) is 4.10. The van der Waals surface area contributed by atoms with E-state index in [1.807, 2.05) is 18.2 Å². The summed E-state index contributed by atoms with van der Waals surface area (Å²) in [4.78, 5) is 18.8. The van der Waals surface area contributed by atoms with Crippen molar-refractivity contribution in [3.63, 3.8) is 0 Å². The molecule has 156 valence electrons. The molecule has 0 saturated carbocycles. The number of pyridine rings is 1. The number of benzene rings is 3. The van der Waals surface area contributed by atoms with Crippen LogP contribution in [-0.2, 0) is 12.0 Å². The largest absolute Gasteiger partial charge is 0.505 e. The van der Waals surface area contributed by atoms with Crippen molar-refractivity contribution >= 4 is 16.8 Å². The first-order valence-corrected chi connectivity index (χ1v) is 10.3. The van der Waals surface area contributed by atoms with Crippen LogP contribution in [0.1, 0.15) is 40.9 Å². The number of phenols is 1. The molecule has 1 N–H and O–H groups in total. The maximum atomic E-state index is 13.0. The molecule has 4 rings (SSSR count). The van der Waals surface area contributed by atoms with Crippen LogP contribution < -0.4 is 0 Å². The summed E-state index contributed by atoms with van der Waals surface area (Å²) in [6.45, 7) is 4.87. The molecule has 0 unspecified atom stereocenters. The molecule has 0 atom stereocenters. The monoisotopic (exact) mass is 410 g/mol. The number of phenolic OH excluding ortho intramolecular Hbond substituents is 1. The number of hydrogen-bond acceptors (Lipinski definition) is 3. The van der Waals surface area contributed by atoms with E-state index in [2.05, 4.69) is 67.4 Å². The van der Waals surface area contributed by atoms with Gasteiger partial charge in [0, 0.05) is 30.6 Å². The van der Waals surface area contributed by atoms with Gasteiger partial charge in [-0.1, -0.05) is 80.6 Å². The van der Waals surface area contributed by atoms with Crippen LogP contribution in [0.25, 0.3) is 10.9 Å². The Hall–Kier alpha value is -3.66. The summed E-state index contributed by atoms with van der Waals surface area (Å²) < 4.78 is 0. The normalized spacial score (nSPS) is 11.5. The predicted octanol–water partition coefficient (Wildman–Crippen LogP) is 5.54. The van der Waals surface area contributed by atoms with Gasteiger partial charge in [-0.25, -0.2) is 0 Å². The van der Waals surface area contributed by atoms with E-state index in [4.69, 9.17) is 0 Å². The number of aromatic hydroxyl groups is 1. The van der Waals surface area contributed by atoms with E-state index in [-0.39, 0.29) is 22.6 Å². The Bertz CT molecular complexity index is 1220. The molecule has 0 aliphatic heterocycles. The predicted molar refractivity (Wildman–Crippen MR) is 124 cm³/mol. The second-order valence-corrected chi connectivity index (χ2v) is 8.39. The Balaban J connectivity index is 1.52. The van der Waals surface area contributed by atoms with Crippen LogP contribution in [0, 0.1) is 0 Å². The SMILES string of the molecule is CN(Cc1ccc(C(C)(C)c2ccccc2)cc1)C(=O)c1ccc2cccnc2c1O. The van der Waals surface area contributed by atoms with Crippen LogP contribution in [0.15, 0.2) is 85.1 Å². The van der Waals surface area contributed by atoms with Gasteiger partial charge in [0.2, 0.25) is 0 Å². The standard InChI is InChI=1S/C27H26N2O2/c1-27(2,21-9-5-4-6-10-21)22-14-11-19(12-15-22)18-29(3)26(31)23-16-13-20-8-7-17-28-24(20)25(23)30/h4-17,30H,18H2,1-3H3. The first-order valence-electron chi connectivity index (χ1n) is 10.3. The highest BCUT2D eigenvalue weighted by Gasteiger charge is 2.23. The molecule has 0 bridgehead atoms. The minimum absolute atomic E-state index is 0.0742. The first kappa shape index (κ1) is 20.6. The van der Waals surface area contributed by atoms with Crippen molar-refractivity contribution in [1.82, 2.24) is 9.88 Å². The van der Waals surface area contributed by atoms with Crippen LogP contribution in [0.2, 0.25) is 0 Å². The summed E-state index contributed by atoms with van der Waals surface area (Å²) in [6, 6.07) is 25.9. The van der Waals surface area contributed by atoms with Crippen molar-refractivity contribution in [1.29, 1.82) is 0 Å². The Labute approximate surface area is 182 Å². The number of hydrogen-bond donors (Lipinski definition) is 1. The van der Waals surface area contributed by atoms with Gasteiger partial charge in [-0.3, -0.25) is 9.78 Å². The molecule has 1 heterocycles. The maximum Gasteiger partial charge on any atom is 0.257 e. The molecule has 0 spiro atoms. The topological polar surface area (TPSA) is 53.4 Å². The maximum absolute atomic E-state index is 13.0. The molecule has 0 aliphatic carbocycles. The van der Waals surface area contributed by atoms with Gasteiger partial charge >= 0.3 is 0 Å². The highest BCUT2D eigenvalue weighted by atomic mass is 16.3. The quantitative estimate of drug-likeness (QED) is 0.470. The minimum Gasteiger partial charge on any atom is -0.505 e. The fourth-order valence-electron chi connectivity index (χ4n) is 3.90. The second-order valence-electron chi connectivity index (χ2n) is 8.39. The summed E-state index contributed by atoms with van der Waals surface area (Å²) in [7, 11) is 1.74. The van der Waals surface area contributed by atoms with Crippen LogP contribution in [-0.4, -0.2) is 27.9 Å². The average Bonchev–Trinajstić information content (AvgIpc) is 2.80. The average molecular weight is 411 g/mol. The third kappa shape index (κ3) is 4.02. The number of fused-ring (bicyclic) bond motifs is 1. The molecule has 4 heteroatoms. The molecular weight excluding hydrogens is 384 g/mol. The second kappa shape index (κ2) is 8.23. The van der Waals surface area contributed by atoms with Gasteiger partial charge in [-0.05, 0) is 28.8 Å². The van der Waals surface area contributed by atoms with Crippen molar-refractivity contribution in [2.24, 2.45) is 0 Å². The van der Waals surface area contributed by atoms with Crippen molar-refractivity contribution in [3.8, 4) is 5.75 Å².